The SMILES string of the molecule is C=C(C)C(=CCc1c(C)nc2c(c1C)C2)CC. The van der Waals surface area contributed by atoms with Crippen LogP contribution in [0, 0.1) is 13.8 Å². The predicted octanol–water partition coefficient (Wildman–Crippen LogP) is 4.06. The van der Waals surface area contributed by atoms with E-state index in [0.29, 0.717) is 0 Å². The molecular formula is C16H21N. The maximum absolute atomic E-state index is 4.62. The lowest BCUT2D eigenvalue weighted by Crippen LogP contribution is -1.96. The molecule has 1 aromatic rings. The van der Waals surface area contributed by atoms with Crippen LogP contribution in [0.25, 0.3) is 0 Å². The van der Waals surface area contributed by atoms with Gasteiger partial charge in [-0.2, -0.15) is 0 Å². The average molecular weight is 227 g/mol. The van der Waals surface area contributed by atoms with Gasteiger partial charge >= 0.3 is 0 Å². The topological polar surface area (TPSA) is 12.9 Å². The van der Waals surface area contributed by atoms with E-state index in [9.17, 15) is 0 Å². The van der Waals surface area contributed by atoms with E-state index in [1.54, 1.807) is 0 Å². The average Bonchev–Trinajstić information content (AvgIpc) is 3.01. The molecule has 0 amide bonds. The third-order valence-electron chi connectivity index (χ3n) is 3.69. The van der Waals surface area contributed by atoms with E-state index >= 15 is 0 Å². The molecule has 1 nitrogen and oxygen atoms in total. The second-order valence-corrected chi connectivity index (χ2v) is 4.97. The fourth-order valence-corrected chi connectivity index (χ4v) is 2.45. The van der Waals surface area contributed by atoms with Crippen molar-refractivity contribution in [2.75, 3.05) is 0 Å². The van der Waals surface area contributed by atoms with Crippen LogP contribution in [0.2, 0.25) is 0 Å². The number of pyridine rings is 1. The van der Waals surface area contributed by atoms with Gasteiger partial charge in [-0.3, -0.25) is 4.98 Å². The number of allylic oxidation sites excluding steroid dienone is 3. The van der Waals surface area contributed by atoms with Crippen molar-refractivity contribution < 1.29 is 0 Å². The summed E-state index contributed by atoms with van der Waals surface area (Å²) in [5.41, 5.74) is 9.41. The molecule has 0 atom stereocenters. The Hall–Kier alpha value is -1.37. The highest BCUT2D eigenvalue weighted by molar-refractivity contribution is 5.51. The Morgan fingerprint density at radius 1 is 1.41 bits per heavy atom. The first-order chi connectivity index (χ1) is 8.04. The molecule has 2 rings (SSSR count). The van der Waals surface area contributed by atoms with Crippen LogP contribution < -0.4 is 0 Å². The fraction of sp³-hybridized carbons (Fsp3) is 0.438. The van der Waals surface area contributed by atoms with Gasteiger partial charge in [-0.05, 0) is 55.9 Å². The summed E-state index contributed by atoms with van der Waals surface area (Å²) in [4.78, 5) is 4.62. The van der Waals surface area contributed by atoms with E-state index in [0.717, 1.165) is 19.3 Å². The van der Waals surface area contributed by atoms with Crippen LogP contribution in [0.4, 0.5) is 0 Å². The van der Waals surface area contributed by atoms with E-state index in [1.165, 1.54) is 39.2 Å². The van der Waals surface area contributed by atoms with Gasteiger partial charge in [-0.25, -0.2) is 0 Å². The number of aryl methyl sites for hydroxylation is 1. The van der Waals surface area contributed by atoms with Crippen molar-refractivity contribution in [2.45, 2.75) is 47.0 Å². The van der Waals surface area contributed by atoms with Crippen molar-refractivity contribution in [3.63, 3.8) is 0 Å². The van der Waals surface area contributed by atoms with E-state index in [1.807, 2.05) is 0 Å². The third-order valence-corrected chi connectivity index (χ3v) is 3.69. The zero-order valence-corrected chi connectivity index (χ0v) is 11.4. The number of rotatable bonds is 4. The lowest BCUT2D eigenvalue weighted by molar-refractivity contribution is 1.04. The fourth-order valence-electron chi connectivity index (χ4n) is 2.45. The van der Waals surface area contributed by atoms with Gasteiger partial charge in [0.15, 0.2) is 0 Å². The highest BCUT2D eigenvalue weighted by Crippen LogP contribution is 2.33. The molecule has 1 aromatic heterocycles. The number of fused-ring (bicyclic) bond motifs is 1. The molecule has 0 fully saturated rings. The van der Waals surface area contributed by atoms with Crippen LogP contribution in [0.15, 0.2) is 23.8 Å². The maximum Gasteiger partial charge on any atom is 0.0490 e. The summed E-state index contributed by atoms with van der Waals surface area (Å²) in [6.45, 7) is 12.7. The summed E-state index contributed by atoms with van der Waals surface area (Å²) in [7, 11) is 0. The Balaban J connectivity index is 2.26. The molecule has 0 saturated carbocycles. The van der Waals surface area contributed by atoms with Crippen LogP contribution >= 0.6 is 0 Å². The first kappa shape index (κ1) is 12.1. The first-order valence-electron chi connectivity index (χ1n) is 6.37. The van der Waals surface area contributed by atoms with Gasteiger partial charge in [-0.15, -0.1) is 0 Å². The smallest absolute Gasteiger partial charge is 0.0490 e. The van der Waals surface area contributed by atoms with E-state index in [2.05, 4.69) is 45.3 Å². The number of hydrogen-bond acceptors (Lipinski definition) is 1. The second-order valence-electron chi connectivity index (χ2n) is 4.97. The van der Waals surface area contributed by atoms with Crippen molar-refractivity contribution in [3.05, 3.63) is 51.9 Å². The van der Waals surface area contributed by atoms with Crippen molar-refractivity contribution in [1.82, 2.24) is 4.98 Å². The van der Waals surface area contributed by atoms with Crippen LogP contribution in [0.5, 0.6) is 0 Å². The quantitative estimate of drug-likeness (QED) is 0.718. The molecule has 1 aliphatic rings. The molecule has 0 saturated heterocycles. The minimum absolute atomic E-state index is 0.994. The maximum atomic E-state index is 4.62. The molecule has 1 heteroatoms. The molecule has 0 bridgehead atoms. The van der Waals surface area contributed by atoms with Gasteiger partial charge in [0.05, 0.1) is 0 Å². The molecule has 0 spiro atoms. The van der Waals surface area contributed by atoms with Crippen molar-refractivity contribution in [1.29, 1.82) is 0 Å². The van der Waals surface area contributed by atoms with Gasteiger partial charge in [0.25, 0.3) is 0 Å². The Morgan fingerprint density at radius 3 is 2.71 bits per heavy atom. The number of aromatic nitrogens is 1. The molecule has 17 heavy (non-hydrogen) atoms. The largest absolute Gasteiger partial charge is 0.257 e. The summed E-state index contributed by atoms with van der Waals surface area (Å²) in [6.07, 6.45) is 5.48. The van der Waals surface area contributed by atoms with Gasteiger partial charge in [-0.1, -0.05) is 25.2 Å². The van der Waals surface area contributed by atoms with Crippen LogP contribution in [0.1, 0.15) is 48.3 Å². The summed E-state index contributed by atoms with van der Waals surface area (Å²) < 4.78 is 0. The third kappa shape index (κ3) is 2.33. The second kappa shape index (κ2) is 4.48. The lowest BCUT2D eigenvalue weighted by atomic mass is 9.99. The van der Waals surface area contributed by atoms with Crippen molar-refractivity contribution in [3.8, 4) is 0 Å². The van der Waals surface area contributed by atoms with Gasteiger partial charge in [0.2, 0.25) is 0 Å². The molecule has 0 aliphatic heterocycles. The molecule has 1 heterocycles. The standard InChI is InChI=1S/C16H21N/c1-6-13(10(2)3)7-8-14-11(4)15-9-16(15)17-12(14)5/h7H,2,6,8-9H2,1,3-5H3. The normalized spacial score (nSPS) is 13.5. The zero-order valence-electron chi connectivity index (χ0n) is 11.4. The van der Waals surface area contributed by atoms with E-state index in [4.69, 9.17) is 0 Å². The number of nitrogens with zero attached hydrogens (tertiary/aromatic N) is 1. The molecule has 0 N–H and O–H groups in total. The van der Waals surface area contributed by atoms with Gasteiger partial charge < -0.3 is 0 Å². The van der Waals surface area contributed by atoms with Crippen molar-refractivity contribution in [2.24, 2.45) is 0 Å². The van der Waals surface area contributed by atoms with Gasteiger partial charge in [0.1, 0.15) is 0 Å². The van der Waals surface area contributed by atoms with Crippen LogP contribution in [0.3, 0.4) is 0 Å². The Labute approximate surface area is 104 Å². The molecule has 1 aliphatic carbocycles. The molecule has 90 valence electrons. The lowest BCUT2D eigenvalue weighted by Gasteiger charge is -2.08. The number of hydrogen-bond donors (Lipinski definition) is 0. The molecular weight excluding hydrogens is 206 g/mol. The Kier molecular flexibility index (Phi) is 3.19. The van der Waals surface area contributed by atoms with E-state index in [-0.39, 0.29) is 0 Å². The van der Waals surface area contributed by atoms with Crippen LogP contribution in [-0.2, 0) is 12.8 Å². The van der Waals surface area contributed by atoms with Gasteiger partial charge in [0, 0.05) is 17.8 Å². The minimum Gasteiger partial charge on any atom is -0.257 e. The Bertz CT molecular complexity index is 507. The summed E-state index contributed by atoms with van der Waals surface area (Å²) in [5, 5.41) is 0. The van der Waals surface area contributed by atoms with Crippen LogP contribution in [-0.4, -0.2) is 4.98 Å². The minimum atomic E-state index is 0.994. The first-order valence-corrected chi connectivity index (χ1v) is 6.37. The Morgan fingerprint density at radius 2 is 2.12 bits per heavy atom. The summed E-state index contributed by atoms with van der Waals surface area (Å²) >= 11 is 0. The highest BCUT2D eigenvalue weighted by atomic mass is 14.8. The van der Waals surface area contributed by atoms with Crippen molar-refractivity contribution >= 4 is 0 Å². The molecule has 0 unspecified atom stereocenters. The predicted molar refractivity (Wildman–Crippen MR) is 73.4 cm³/mol. The zero-order chi connectivity index (χ0) is 12.6. The highest BCUT2D eigenvalue weighted by Gasteiger charge is 2.24. The van der Waals surface area contributed by atoms with E-state index < -0.39 is 0 Å². The molecule has 0 aromatic carbocycles. The molecule has 0 radical (unpaired) electrons. The monoisotopic (exact) mass is 227 g/mol. The summed E-state index contributed by atoms with van der Waals surface area (Å²) in [5.74, 6) is 0. The summed E-state index contributed by atoms with van der Waals surface area (Å²) in [6, 6.07) is 0.